The third kappa shape index (κ3) is 3.40. The lowest BCUT2D eigenvalue weighted by Gasteiger charge is -2.09. The second-order valence-corrected chi connectivity index (χ2v) is 6.93. The Hall–Kier alpha value is -3.45. The van der Waals surface area contributed by atoms with Crippen LogP contribution < -0.4 is 10.1 Å². The summed E-state index contributed by atoms with van der Waals surface area (Å²) in [5.74, 6) is 0.348. The van der Waals surface area contributed by atoms with Crippen molar-refractivity contribution < 1.29 is 9.53 Å². The molecule has 0 saturated carbocycles. The molecule has 0 spiro atoms. The summed E-state index contributed by atoms with van der Waals surface area (Å²) in [6.07, 6.45) is 0. The fourth-order valence-electron chi connectivity index (χ4n) is 3.21. The van der Waals surface area contributed by atoms with E-state index in [2.05, 4.69) is 20.6 Å². The van der Waals surface area contributed by atoms with E-state index in [-0.39, 0.29) is 11.6 Å². The first-order valence-corrected chi connectivity index (χ1v) is 9.30. The van der Waals surface area contributed by atoms with Gasteiger partial charge >= 0.3 is 0 Å². The van der Waals surface area contributed by atoms with Gasteiger partial charge in [0.2, 0.25) is 0 Å². The summed E-state index contributed by atoms with van der Waals surface area (Å²) in [6, 6.07) is 14.5. The third-order valence-corrected chi connectivity index (χ3v) is 4.89. The summed E-state index contributed by atoms with van der Waals surface area (Å²) in [5, 5.41) is 16.5. The third-order valence-electron chi connectivity index (χ3n) is 4.63. The molecule has 0 unspecified atom stereocenters. The number of para-hydroxylation sites is 1. The molecule has 7 nitrogen and oxygen atoms in total. The first-order valence-electron chi connectivity index (χ1n) is 8.92. The molecule has 0 atom stereocenters. The number of hydrogen-bond acceptors (Lipinski definition) is 5. The van der Waals surface area contributed by atoms with Crippen LogP contribution in [0.1, 0.15) is 21.9 Å². The minimum Gasteiger partial charge on any atom is -0.496 e. The Labute approximate surface area is 172 Å². The normalized spacial score (nSPS) is 10.9. The van der Waals surface area contributed by atoms with E-state index in [1.807, 2.05) is 31.2 Å². The molecule has 0 saturated heterocycles. The minimum atomic E-state index is -0.369. The highest BCUT2D eigenvalue weighted by molar-refractivity contribution is 6.30. The van der Waals surface area contributed by atoms with Gasteiger partial charge in [-0.25, -0.2) is 4.52 Å². The maximum absolute atomic E-state index is 12.7. The zero-order chi connectivity index (χ0) is 20.5. The molecular weight excluding hydrogens is 390 g/mol. The van der Waals surface area contributed by atoms with E-state index in [1.54, 1.807) is 42.8 Å². The van der Waals surface area contributed by atoms with Crippen molar-refractivity contribution in [1.29, 1.82) is 0 Å². The number of aryl methyl sites for hydroxylation is 2. The van der Waals surface area contributed by atoms with Crippen LogP contribution in [0.2, 0.25) is 5.02 Å². The molecule has 0 aliphatic heterocycles. The standard InChI is InChI=1S/C21H18ClN5O2/c1-12-18(16-6-4-5-7-17(16)29-3)20-25-24-19(13(2)27(20)26-12)21(28)23-15-10-8-14(22)9-11-15/h4-11H,1-3H3,(H,23,28). The summed E-state index contributed by atoms with van der Waals surface area (Å²) in [6.45, 7) is 3.68. The van der Waals surface area contributed by atoms with Crippen molar-refractivity contribution in [2.45, 2.75) is 13.8 Å². The smallest absolute Gasteiger partial charge is 0.278 e. The van der Waals surface area contributed by atoms with Gasteiger partial charge in [0.05, 0.1) is 24.1 Å². The quantitative estimate of drug-likeness (QED) is 0.544. The molecule has 1 N–H and O–H groups in total. The number of amides is 1. The number of methoxy groups -OCH3 is 1. The van der Waals surface area contributed by atoms with Gasteiger partial charge in [-0.2, -0.15) is 5.10 Å². The van der Waals surface area contributed by atoms with Crippen molar-refractivity contribution in [1.82, 2.24) is 19.8 Å². The SMILES string of the molecule is COc1ccccc1-c1c(C)nn2c(C)c(C(=O)Nc3ccc(Cl)cc3)nnc12. The number of ether oxygens (including phenoxy) is 1. The Bertz CT molecular complexity index is 1220. The summed E-state index contributed by atoms with van der Waals surface area (Å²) in [5.41, 5.74) is 4.42. The molecular formula is C21H18ClN5O2. The van der Waals surface area contributed by atoms with Crippen LogP contribution in [0, 0.1) is 13.8 Å². The zero-order valence-electron chi connectivity index (χ0n) is 16.1. The number of fused-ring (bicyclic) bond motifs is 1. The van der Waals surface area contributed by atoms with E-state index < -0.39 is 0 Å². The van der Waals surface area contributed by atoms with Crippen LogP contribution in [0.15, 0.2) is 48.5 Å². The molecule has 2 aromatic carbocycles. The molecule has 0 aliphatic carbocycles. The van der Waals surface area contributed by atoms with Crippen LogP contribution in [0.3, 0.4) is 0 Å². The van der Waals surface area contributed by atoms with Gasteiger partial charge in [-0.05, 0) is 44.2 Å². The average molecular weight is 408 g/mol. The Kier molecular flexibility index (Phi) is 4.90. The van der Waals surface area contributed by atoms with E-state index in [0.29, 0.717) is 22.1 Å². The number of carbonyl (C=O) groups is 1. The van der Waals surface area contributed by atoms with Gasteiger partial charge in [0.1, 0.15) is 5.75 Å². The first kappa shape index (κ1) is 18.9. The van der Waals surface area contributed by atoms with Gasteiger partial charge in [-0.1, -0.05) is 29.8 Å². The monoisotopic (exact) mass is 407 g/mol. The fourth-order valence-corrected chi connectivity index (χ4v) is 3.34. The van der Waals surface area contributed by atoms with Crippen LogP contribution in [-0.2, 0) is 0 Å². The van der Waals surface area contributed by atoms with Gasteiger partial charge in [-0.15, -0.1) is 10.2 Å². The molecule has 0 bridgehead atoms. The van der Waals surface area contributed by atoms with Gasteiger partial charge in [0.15, 0.2) is 11.3 Å². The lowest BCUT2D eigenvalue weighted by atomic mass is 10.1. The Morgan fingerprint density at radius 1 is 1.07 bits per heavy atom. The van der Waals surface area contributed by atoms with Gasteiger partial charge in [-0.3, -0.25) is 4.79 Å². The van der Waals surface area contributed by atoms with Crippen molar-refractivity contribution >= 4 is 28.8 Å². The van der Waals surface area contributed by atoms with E-state index in [9.17, 15) is 4.79 Å². The highest BCUT2D eigenvalue weighted by Crippen LogP contribution is 2.34. The molecule has 0 aliphatic rings. The van der Waals surface area contributed by atoms with Crippen LogP contribution in [0.4, 0.5) is 5.69 Å². The summed E-state index contributed by atoms with van der Waals surface area (Å²) >= 11 is 5.89. The fraction of sp³-hybridized carbons (Fsp3) is 0.143. The summed E-state index contributed by atoms with van der Waals surface area (Å²) in [4.78, 5) is 12.7. The molecule has 8 heteroatoms. The minimum absolute atomic E-state index is 0.196. The lowest BCUT2D eigenvalue weighted by Crippen LogP contribution is -2.18. The molecule has 2 aromatic heterocycles. The predicted molar refractivity (Wildman–Crippen MR) is 112 cm³/mol. The van der Waals surface area contributed by atoms with Crippen molar-refractivity contribution in [3.8, 4) is 16.9 Å². The lowest BCUT2D eigenvalue weighted by molar-refractivity contribution is 0.102. The number of anilines is 1. The molecule has 29 heavy (non-hydrogen) atoms. The zero-order valence-corrected chi connectivity index (χ0v) is 16.9. The molecule has 4 rings (SSSR count). The first-order chi connectivity index (χ1) is 14.0. The molecule has 4 aromatic rings. The Morgan fingerprint density at radius 3 is 2.52 bits per heavy atom. The Morgan fingerprint density at radius 2 is 1.79 bits per heavy atom. The van der Waals surface area contributed by atoms with Crippen LogP contribution in [-0.4, -0.2) is 32.8 Å². The highest BCUT2D eigenvalue weighted by Gasteiger charge is 2.21. The number of nitrogens with zero attached hydrogens (tertiary/aromatic N) is 4. The summed E-state index contributed by atoms with van der Waals surface area (Å²) in [7, 11) is 1.62. The number of nitrogens with one attached hydrogen (secondary N) is 1. The predicted octanol–water partition coefficient (Wildman–Crippen LogP) is 4.32. The second-order valence-electron chi connectivity index (χ2n) is 6.49. The topological polar surface area (TPSA) is 81.4 Å². The van der Waals surface area contributed by atoms with Crippen molar-refractivity contribution in [2.24, 2.45) is 0 Å². The molecule has 1 amide bonds. The maximum Gasteiger partial charge on any atom is 0.278 e. The number of aromatic nitrogens is 4. The summed E-state index contributed by atoms with van der Waals surface area (Å²) < 4.78 is 7.12. The van der Waals surface area contributed by atoms with E-state index in [0.717, 1.165) is 22.6 Å². The second kappa shape index (κ2) is 7.52. The van der Waals surface area contributed by atoms with Crippen LogP contribution in [0.5, 0.6) is 5.75 Å². The molecule has 146 valence electrons. The Balaban J connectivity index is 1.77. The van der Waals surface area contributed by atoms with E-state index >= 15 is 0 Å². The number of hydrogen-bond donors (Lipinski definition) is 1. The number of benzene rings is 2. The van der Waals surface area contributed by atoms with Gasteiger partial charge < -0.3 is 10.1 Å². The van der Waals surface area contributed by atoms with Gasteiger partial charge in [0.25, 0.3) is 5.91 Å². The number of carbonyl (C=O) groups excluding carboxylic acids is 1. The molecule has 0 radical (unpaired) electrons. The van der Waals surface area contributed by atoms with Crippen LogP contribution >= 0.6 is 11.6 Å². The largest absolute Gasteiger partial charge is 0.496 e. The maximum atomic E-state index is 12.7. The number of halogens is 1. The van der Waals surface area contributed by atoms with E-state index in [4.69, 9.17) is 16.3 Å². The van der Waals surface area contributed by atoms with E-state index in [1.165, 1.54) is 0 Å². The number of rotatable bonds is 4. The average Bonchev–Trinajstić information content (AvgIpc) is 3.06. The van der Waals surface area contributed by atoms with Crippen molar-refractivity contribution in [3.05, 3.63) is 70.6 Å². The molecule has 0 fully saturated rings. The van der Waals surface area contributed by atoms with Crippen LogP contribution in [0.25, 0.3) is 16.8 Å². The van der Waals surface area contributed by atoms with Crippen molar-refractivity contribution in [3.63, 3.8) is 0 Å². The highest BCUT2D eigenvalue weighted by atomic mass is 35.5. The van der Waals surface area contributed by atoms with Crippen molar-refractivity contribution in [2.75, 3.05) is 12.4 Å². The van der Waals surface area contributed by atoms with Gasteiger partial charge in [0, 0.05) is 16.3 Å². The molecule has 2 heterocycles.